The quantitative estimate of drug-likeness (QED) is 0.843. The maximum Gasteiger partial charge on any atom is 0.333 e. The second-order valence-corrected chi connectivity index (χ2v) is 4.59. The number of aromatic nitrogens is 2. The molecule has 2 rings (SSSR count). The molecule has 0 fully saturated rings. The van der Waals surface area contributed by atoms with Gasteiger partial charge in [-0.05, 0) is 37.1 Å². The van der Waals surface area contributed by atoms with Crippen LogP contribution < -0.4 is 5.69 Å². The van der Waals surface area contributed by atoms with E-state index in [1.54, 1.807) is 0 Å². The number of nitrogens with one attached hydrogen (secondary N) is 1. The summed E-state index contributed by atoms with van der Waals surface area (Å²) in [5, 5.41) is 9.62. The number of imidazole rings is 1. The largest absolute Gasteiger partial charge is 0.493 e. The number of nitrogens with zero attached hydrogens (tertiary/aromatic N) is 1. The van der Waals surface area contributed by atoms with Gasteiger partial charge in [0.1, 0.15) is 0 Å². The zero-order chi connectivity index (χ0) is 11.9. The van der Waals surface area contributed by atoms with Crippen molar-refractivity contribution in [2.45, 2.75) is 13.8 Å². The molecule has 16 heavy (non-hydrogen) atoms. The fourth-order valence-electron chi connectivity index (χ4n) is 1.83. The van der Waals surface area contributed by atoms with Crippen LogP contribution in [0.2, 0.25) is 0 Å². The Balaban J connectivity index is 2.79. The molecule has 0 saturated carbocycles. The molecule has 0 spiro atoms. The highest BCUT2D eigenvalue weighted by Crippen LogP contribution is 2.25. The molecule has 1 aromatic heterocycles. The van der Waals surface area contributed by atoms with Gasteiger partial charge in [0.2, 0.25) is 5.88 Å². The summed E-state index contributed by atoms with van der Waals surface area (Å²) in [7, 11) is 0. The van der Waals surface area contributed by atoms with Crippen molar-refractivity contribution in [1.29, 1.82) is 0 Å². The predicted octanol–water partition coefficient (Wildman–Crippen LogP) is 2.25. The monoisotopic (exact) mass is 282 g/mol. The predicted molar refractivity (Wildman–Crippen MR) is 65.2 cm³/mol. The molecular weight excluding hydrogens is 272 g/mol. The van der Waals surface area contributed by atoms with Crippen LogP contribution in [0.1, 0.15) is 11.1 Å². The van der Waals surface area contributed by atoms with E-state index in [1.807, 2.05) is 26.0 Å². The summed E-state index contributed by atoms with van der Waals surface area (Å²) in [5.41, 5.74) is 2.21. The third-order valence-corrected chi connectivity index (χ3v) is 2.89. The number of H-pyrrole nitrogens is 1. The summed E-state index contributed by atoms with van der Waals surface area (Å²) in [4.78, 5) is 14.0. The molecule has 0 aliphatic rings. The molecule has 0 bridgehead atoms. The van der Waals surface area contributed by atoms with Crippen LogP contribution in [-0.2, 0) is 0 Å². The Hall–Kier alpha value is -1.49. The number of rotatable bonds is 1. The molecule has 0 amide bonds. The first-order valence-corrected chi connectivity index (χ1v) is 5.56. The van der Waals surface area contributed by atoms with E-state index < -0.39 is 0 Å². The third kappa shape index (κ3) is 1.67. The average Bonchev–Trinajstić information content (AvgIpc) is 2.47. The number of benzene rings is 1. The fraction of sp³-hybridized carbons (Fsp3) is 0.182. The molecule has 0 atom stereocenters. The molecule has 0 aliphatic heterocycles. The Bertz CT molecular complexity index is 575. The highest BCUT2D eigenvalue weighted by molar-refractivity contribution is 9.10. The van der Waals surface area contributed by atoms with Crippen LogP contribution in [0.5, 0.6) is 5.88 Å². The minimum atomic E-state index is -0.342. The molecule has 2 N–H and O–H groups in total. The Morgan fingerprint density at radius 2 is 1.88 bits per heavy atom. The van der Waals surface area contributed by atoms with Gasteiger partial charge in [0.05, 0.1) is 11.9 Å². The SMILES string of the molecule is Cc1cc(Br)cc(C)c1-n1c(O)c[nH]c1=O. The van der Waals surface area contributed by atoms with Gasteiger partial charge in [0, 0.05) is 4.47 Å². The van der Waals surface area contributed by atoms with Crippen LogP contribution in [0.15, 0.2) is 27.6 Å². The number of hydrogen-bond donors (Lipinski definition) is 2. The van der Waals surface area contributed by atoms with E-state index in [9.17, 15) is 9.90 Å². The first-order valence-electron chi connectivity index (χ1n) is 4.77. The van der Waals surface area contributed by atoms with Crippen molar-refractivity contribution in [2.24, 2.45) is 0 Å². The van der Waals surface area contributed by atoms with Gasteiger partial charge in [0.15, 0.2) is 0 Å². The van der Waals surface area contributed by atoms with Crippen LogP contribution >= 0.6 is 15.9 Å². The Labute approximate surface area is 101 Å². The molecule has 1 aromatic carbocycles. The van der Waals surface area contributed by atoms with Crippen molar-refractivity contribution in [3.63, 3.8) is 0 Å². The molecule has 84 valence electrons. The minimum absolute atomic E-state index is 0.0847. The van der Waals surface area contributed by atoms with E-state index in [0.717, 1.165) is 15.6 Å². The van der Waals surface area contributed by atoms with Gasteiger partial charge in [-0.3, -0.25) is 0 Å². The summed E-state index contributed by atoms with van der Waals surface area (Å²) in [5.74, 6) is -0.0847. The molecule has 1 heterocycles. The lowest BCUT2D eigenvalue weighted by Crippen LogP contribution is -2.16. The van der Waals surface area contributed by atoms with Gasteiger partial charge in [-0.2, -0.15) is 0 Å². The van der Waals surface area contributed by atoms with Gasteiger partial charge in [-0.15, -0.1) is 0 Å². The summed E-state index contributed by atoms with van der Waals surface area (Å²) in [6, 6.07) is 3.81. The zero-order valence-electron chi connectivity index (χ0n) is 8.91. The molecule has 4 nitrogen and oxygen atoms in total. The number of hydrogen-bond acceptors (Lipinski definition) is 2. The number of aryl methyl sites for hydroxylation is 2. The highest BCUT2D eigenvalue weighted by atomic mass is 79.9. The second-order valence-electron chi connectivity index (χ2n) is 3.68. The lowest BCUT2D eigenvalue weighted by Gasteiger charge is -2.11. The first kappa shape index (κ1) is 11.0. The maximum atomic E-state index is 11.6. The summed E-state index contributed by atoms with van der Waals surface area (Å²) in [6.07, 6.45) is 1.28. The smallest absolute Gasteiger partial charge is 0.333 e. The summed E-state index contributed by atoms with van der Waals surface area (Å²) < 4.78 is 2.21. The van der Waals surface area contributed by atoms with Crippen LogP contribution in [0.4, 0.5) is 0 Å². The molecule has 0 aliphatic carbocycles. The number of aromatic amines is 1. The van der Waals surface area contributed by atoms with E-state index in [1.165, 1.54) is 10.8 Å². The third-order valence-electron chi connectivity index (χ3n) is 2.44. The number of halogens is 1. The van der Waals surface area contributed by atoms with E-state index >= 15 is 0 Å². The number of aromatic hydroxyl groups is 1. The second kappa shape index (κ2) is 3.83. The van der Waals surface area contributed by atoms with Gasteiger partial charge in [0.25, 0.3) is 0 Å². The Kier molecular flexibility index (Phi) is 2.63. The molecule has 2 aromatic rings. The standard InChI is InChI=1S/C11H11BrN2O2/c1-6-3-8(12)4-7(2)10(6)14-9(15)5-13-11(14)16/h3-5,15H,1-2H3,(H,13,16). The lowest BCUT2D eigenvalue weighted by molar-refractivity contribution is 0.440. The van der Waals surface area contributed by atoms with Crippen LogP contribution in [-0.4, -0.2) is 14.7 Å². The van der Waals surface area contributed by atoms with E-state index in [2.05, 4.69) is 20.9 Å². The fourth-order valence-corrected chi connectivity index (χ4v) is 2.52. The van der Waals surface area contributed by atoms with Crippen molar-refractivity contribution in [2.75, 3.05) is 0 Å². The van der Waals surface area contributed by atoms with Crippen molar-refractivity contribution in [1.82, 2.24) is 9.55 Å². The molecule has 0 radical (unpaired) electrons. The maximum absolute atomic E-state index is 11.6. The molecule has 0 saturated heterocycles. The molecule has 5 heteroatoms. The summed E-state index contributed by atoms with van der Waals surface area (Å²) in [6.45, 7) is 3.79. The summed E-state index contributed by atoms with van der Waals surface area (Å²) >= 11 is 3.39. The lowest BCUT2D eigenvalue weighted by atomic mass is 10.1. The van der Waals surface area contributed by atoms with Crippen molar-refractivity contribution in [3.8, 4) is 11.6 Å². The van der Waals surface area contributed by atoms with Gasteiger partial charge in [-0.25, -0.2) is 9.36 Å². The molecule has 0 unspecified atom stereocenters. The minimum Gasteiger partial charge on any atom is -0.493 e. The van der Waals surface area contributed by atoms with Crippen LogP contribution in [0.25, 0.3) is 5.69 Å². The normalized spacial score (nSPS) is 10.7. The van der Waals surface area contributed by atoms with E-state index in [4.69, 9.17) is 0 Å². The van der Waals surface area contributed by atoms with E-state index in [-0.39, 0.29) is 11.6 Å². The zero-order valence-corrected chi connectivity index (χ0v) is 10.5. The highest BCUT2D eigenvalue weighted by Gasteiger charge is 2.12. The Morgan fingerprint density at radius 3 is 2.31 bits per heavy atom. The first-order chi connectivity index (χ1) is 7.50. The average molecular weight is 283 g/mol. The van der Waals surface area contributed by atoms with Crippen molar-refractivity contribution >= 4 is 15.9 Å². The van der Waals surface area contributed by atoms with Gasteiger partial charge in [-0.1, -0.05) is 15.9 Å². The molecular formula is C11H11BrN2O2. The van der Waals surface area contributed by atoms with Gasteiger partial charge < -0.3 is 10.1 Å². The van der Waals surface area contributed by atoms with Crippen molar-refractivity contribution in [3.05, 3.63) is 44.4 Å². The van der Waals surface area contributed by atoms with Crippen molar-refractivity contribution < 1.29 is 5.11 Å². The van der Waals surface area contributed by atoms with Gasteiger partial charge >= 0.3 is 5.69 Å². The van der Waals surface area contributed by atoms with E-state index in [0.29, 0.717) is 5.69 Å². The van der Waals surface area contributed by atoms with Crippen LogP contribution in [0.3, 0.4) is 0 Å². The topological polar surface area (TPSA) is 58.0 Å². The Morgan fingerprint density at radius 1 is 1.31 bits per heavy atom. The van der Waals surface area contributed by atoms with Crippen LogP contribution in [0, 0.1) is 13.8 Å².